The Morgan fingerprint density at radius 3 is 2.45 bits per heavy atom. The summed E-state index contributed by atoms with van der Waals surface area (Å²) in [7, 11) is 3.21. The Labute approximate surface area is 178 Å². The van der Waals surface area contributed by atoms with Gasteiger partial charge in [-0.2, -0.15) is 0 Å². The maximum absolute atomic E-state index is 14.4. The lowest BCUT2D eigenvalue weighted by Gasteiger charge is -2.13. The van der Waals surface area contributed by atoms with E-state index in [0.717, 1.165) is 11.6 Å². The monoisotopic (exact) mass is 424 g/mol. The van der Waals surface area contributed by atoms with Gasteiger partial charge in [-0.1, -0.05) is 30.3 Å². The second kappa shape index (κ2) is 10.1. The molecular weight excluding hydrogens is 403 g/mol. The quantitative estimate of drug-likeness (QED) is 0.590. The SMILES string of the molecule is CN(C)C(=O)Nc1cc(Oc2ccc(NC(=O)OCc3ccccc3)c(F)c2)ccn1. The molecule has 0 unspecified atom stereocenters. The third-order valence-corrected chi connectivity index (χ3v) is 4.00. The van der Waals surface area contributed by atoms with Crippen molar-refractivity contribution in [1.29, 1.82) is 0 Å². The number of nitrogens with zero attached hydrogens (tertiary/aromatic N) is 2. The van der Waals surface area contributed by atoms with Crippen LogP contribution in [0.25, 0.3) is 0 Å². The Morgan fingerprint density at radius 2 is 1.74 bits per heavy atom. The summed E-state index contributed by atoms with van der Waals surface area (Å²) in [4.78, 5) is 29.0. The van der Waals surface area contributed by atoms with Gasteiger partial charge in [-0.3, -0.25) is 10.6 Å². The molecule has 0 bridgehead atoms. The number of halogens is 1. The van der Waals surface area contributed by atoms with E-state index in [-0.39, 0.29) is 29.9 Å². The summed E-state index contributed by atoms with van der Waals surface area (Å²) in [6.07, 6.45) is 0.683. The highest BCUT2D eigenvalue weighted by Gasteiger charge is 2.11. The Kier molecular flexibility index (Phi) is 7.00. The van der Waals surface area contributed by atoms with Gasteiger partial charge in [-0.15, -0.1) is 0 Å². The summed E-state index contributed by atoms with van der Waals surface area (Å²) < 4.78 is 25.1. The van der Waals surface area contributed by atoms with Gasteiger partial charge in [0.1, 0.15) is 23.9 Å². The Hall–Kier alpha value is -4.14. The number of anilines is 2. The smallest absolute Gasteiger partial charge is 0.412 e. The summed E-state index contributed by atoms with van der Waals surface area (Å²) in [5.74, 6) is 0.156. The number of carbonyl (C=O) groups excluding carboxylic acids is 2. The molecule has 0 saturated carbocycles. The first-order chi connectivity index (χ1) is 14.9. The second-order valence-corrected chi connectivity index (χ2v) is 6.63. The van der Waals surface area contributed by atoms with Gasteiger partial charge >= 0.3 is 12.1 Å². The molecule has 3 rings (SSSR count). The van der Waals surface area contributed by atoms with Crippen molar-refractivity contribution in [3.8, 4) is 11.5 Å². The molecule has 2 aromatic carbocycles. The molecule has 0 aliphatic carbocycles. The summed E-state index contributed by atoms with van der Waals surface area (Å²) in [5, 5.41) is 4.95. The number of pyridine rings is 1. The third-order valence-electron chi connectivity index (χ3n) is 4.00. The van der Waals surface area contributed by atoms with Gasteiger partial charge in [0.15, 0.2) is 5.82 Å². The molecule has 2 N–H and O–H groups in total. The van der Waals surface area contributed by atoms with Gasteiger partial charge in [-0.25, -0.2) is 19.0 Å². The number of hydrogen-bond acceptors (Lipinski definition) is 5. The molecular formula is C22H21FN4O4. The van der Waals surface area contributed by atoms with Crippen LogP contribution in [0.3, 0.4) is 0 Å². The van der Waals surface area contributed by atoms with Crippen molar-refractivity contribution in [3.05, 3.63) is 78.2 Å². The summed E-state index contributed by atoms with van der Waals surface area (Å²) in [5.41, 5.74) is 0.777. The summed E-state index contributed by atoms with van der Waals surface area (Å²) in [6.45, 7) is 0.0736. The minimum Gasteiger partial charge on any atom is -0.457 e. The molecule has 0 atom stereocenters. The fourth-order valence-electron chi connectivity index (χ4n) is 2.43. The van der Waals surface area contributed by atoms with Crippen molar-refractivity contribution in [2.45, 2.75) is 6.61 Å². The van der Waals surface area contributed by atoms with Crippen molar-refractivity contribution in [1.82, 2.24) is 9.88 Å². The number of carbonyl (C=O) groups is 2. The molecule has 9 heteroatoms. The highest BCUT2D eigenvalue weighted by atomic mass is 19.1. The lowest BCUT2D eigenvalue weighted by molar-refractivity contribution is 0.155. The predicted octanol–water partition coefficient (Wildman–Crippen LogP) is 4.86. The van der Waals surface area contributed by atoms with E-state index in [4.69, 9.17) is 9.47 Å². The minimum atomic E-state index is -0.771. The number of aromatic nitrogens is 1. The maximum Gasteiger partial charge on any atom is 0.412 e. The van der Waals surface area contributed by atoms with Crippen LogP contribution in [0.5, 0.6) is 11.5 Å². The molecule has 1 heterocycles. The standard InChI is InChI=1S/C22H21FN4O4/c1-27(2)21(28)26-20-13-17(10-11-24-20)31-16-8-9-19(18(23)12-16)25-22(29)30-14-15-6-4-3-5-7-15/h3-13H,14H2,1-2H3,(H,25,29)(H,24,26,28). The van der Waals surface area contributed by atoms with E-state index in [0.29, 0.717) is 5.75 Å². The summed E-state index contributed by atoms with van der Waals surface area (Å²) in [6, 6.07) is 15.9. The van der Waals surface area contributed by atoms with E-state index in [1.807, 2.05) is 30.3 Å². The van der Waals surface area contributed by atoms with Crippen LogP contribution in [0.4, 0.5) is 25.5 Å². The molecule has 1 aromatic heterocycles. The number of rotatable bonds is 6. The highest BCUT2D eigenvalue weighted by molar-refractivity contribution is 5.88. The van der Waals surface area contributed by atoms with E-state index in [2.05, 4.69) is 15.6 Å². The largest absolute Gasteiger partial charge is 0.457 e. The van der Waals surface area contributed by atoms with Gasteiger partial charge in [0.25, 0.3) is 0 Å². The summed E-state index contributed by atoms with van der Waals surface area (Å²) >= 11 is 0. The number of nitrogens with one attached hydrogen (secondary N) is 2. The molecule has 0 fully saturated rings. The van der Waals surface area contributed by atoms with E-state index in [1.54, 1.807) is 20.2 Å². The average molecular weight is 424 g/mol. The molecule has 8 nitrogen and oxygen atoms in total. The zero-order valence-electron chi connectivity index (χ0n) is 17.0. The second-order valence-electron chi connectivity index (χ2n) is 6.63. The van der Waals surface area contributed by atoms with Gasteiger partial charge in [0.05, 0.1) is 5.69 Å². The molecule has 0 aliphatic heterocycles. The zero-order chi connectivity index (χ0) is 22.2. The molecule has 0 saturated heterocycles. The first kappa shape index (κ1) is 21.6. The van der Waals surface area contributed by atoms with Crippen LogP contribution >= 0.6 is 0 Å². The average Bonchev–Trinajstić information content (AvgIpc) is 2.75. The first-order valence-corrected chi connectivity index (χ1v) is 9.30. The Morgan fingerprint density at radius 1 is 1.00 bits per heavy atom. The van der Waals surface area contributed by atoms with Crippen molar-refractivity contribution in [2.75, 3.05) is 24.7 Å². The third kappa shape index (κ3) is 6.43. The fourth-order valence-corrected chi connectivity index (χ4v) is 2.43. The van der Waals surface area contributed by atoms with Gasteiger partial charge < -0.3 is 14.4 Å². The maximum atomic E-state index is 14.4. The first-order valence-electron chi connectivity index (χ1n) is 9.30. The van der Waals surface area contributed by atoms with E-state index < -0.39 is 11.9 Å². The van der Waals surface area contributed by atoms with Crippen LogP contribution in [0.15, 0.2) is 66.9 Å². The molecule has 3 aromatic rings. The van der Waals surface area contributed by atoms with Crippen molar-refractivity contribution >= 4 is 23.6 Å². The Bertz CT molecular complexity index is 1060. The Balaban J connectivity index is 1.59. The molecule has 0 radical (unpaired) electrons. The van der Waals surface area contributed by atoms with Crippen molar-refractivity contribution < 1.29 is 23.5 Å². The van der Waals surface area contributed by atoms with Crippen LogP contribution in [0.1, 0.15) is 5.56 Å². The molecule has 0 spiro atoms. The van der Waals surface area contributed by atoms with E-state index in [9.17, 15) is 14.0 Å². The molecule has 31 heavy (non-hydrogen) atoms. The lowest BCUT2D eigenvalue weighted by Crippen LogP contribution is -2.27. The van der Waals surface area contributed by atoms with Crippen LogP contribution in [0.2, 0.25) is 0 Å². The highest BCUT2D eigenvalue weighted by Crippen LogP contribution is 2.26. The fraction of sp³-hybridized carbons (Fsp3) is 0.136. The molecule has 3 amide bonds. The number of hydrogen-bond donors (Lipinski definition) is 2. The lowest BCUT2D eigenvalue weighted by atomic mass is 10.2. The topological polar surface area (TPSA) is 92.8 Å². The van der Waals surface area contributed by atoms with Crippen molar-refractivity contribution in [2.24, 2.45) is 0 Å². The minimum absolute atomic E-state index is 0.0425. The number of urea groups is 1. The van der Waals surface area contributed by atoms with Crippen LogP contribution in [-0.4, -0.2) is 36.1 Å². The normalized spacial score (nSPS) is 10.2. The predicted molar refractivity (Wildman–Crippen MR) is 114 cm³/mol. The van der Waals surface area contributed by atoms with Crippen LogP contribution in [-0.2, 0) is 11.3 Å². The van der Waals surface area contributed by atoms with Gasteiger partial charge in [-0.05, 0) is 23.8 Å². The van der Waals surface area contributed by atoms with Gasteiger partial charge in [0.2, 0.25) is 0 Å². The van der Waals surface area contributed by atoms with E-state index >= 15 is 0 Å². The van der Waals surface area contributed by atoms with Crippen LogP contribution in [0, 0.1) is 5.82 Å². The number of benzene rings is 2. The zero-order valence-corrected chi connectivity index (χ0v) is 17.0. The van der Waals surface area contributed by atoms with Gasteiger partial charge in [0, 0.05) is 32.4 Å². The number of amides is 3. The van der Waals surface area contributed by atoms with Crippen molar-refractivity contribution in [3.63, 3.8) is 0 Å². The number of ether oxygens (including phenoxy) is 2. The molecule has 0 aliphatic rings. The van der Waals surface area contributed by atoms with Crippen LogP contribution < -0.4 is 15.4 Å². The molecule has 160 valence electrons. The van der Waals surface area contributed by atoms with E-state index in [1.165, 1.54) is 29.3 Å².